The zero-order valence-corrected chi connectivity index (χ0v) is 15.8. The van der Waals surface area contributed by atoms with Crippen molar-refractivity contribution in [1.29, 1.82) is 0 Å². The van der Waals surface area contributed by atoms with Crippen LogP contribution in [0.4, 0.5) is 8.78 Å². The van der Waals surface area contributed by atoms with Gasteiger partial charge in [0.05, 0.1) is 18.1 Å². The highest BCUT2D eigenvalue weighted by atomic mass is 127. The van der Waals surface area contributed by atoms with E-state index in [-0.39, 0.29) is 53.6 Å². The molecule has 1 saturated heterocycles. The minimum atomic E-state index is -2.99. The lowest BCUT2D eigenvalue weighted by molar-refractivity contribution is 0.584. The van der Waals surface area contributed by atoms with Gasteiger partial charge >= 0.3 is 0 Å². The molecule has 1 aliphatic rings. The Hall–Kier alpha value is -0.970. The summed E-state index contributed by atoms with van der Waals surface area (Å²) in [6.07, 6.45) is 0.515. The fraction of sp³-hybridized carbons (Fsp3) is 0.500. The Morgan fingerprint density at radius 2 is 2.13 bits per heavy atom. The van der Waals surface area contributed by atoms with Crippen LogP contribution in [0.15, 0.2) is 23.2 Å². The first kappa shape index (κ1) is 20.1. The van der Waals surface area contributed by atoms with Gasteiger partial charge in [0.1, 0.15) is 11.6 Å². The van der Waals surface area contributed by atoms with Gasteiger partial charge in [-0.05, 0) is 31.5 Å². The maximum absolute atomic E-state index is 13.6. The van der Waals surface area contributed by atoms with Gasteiger partial charge in [-0.2, -0.15) is 0 Å². The molecule has 2 N–H and O–H groups in total. The van der Waals surface area contributed by atoms with Crippen molar-refractivity contribution >= 4 is 39.8 Å². The molecule has 1 atom stereocenters. The van der Waals surface area contributed by atoms with E-state index in [9.17, 15) is 17.2 Å². The van der Waals surface area contributed by atoms with Crippen molar-refractivity contribution in [3.63, 3.8) is 0 Å². The van der Waals surface area contributed by atoms with Gasteiger partial charge in [-0.1, -0.05) is 0 Å². The van der Waals surface area contributed by atoms with E-state index >= 15 is 0 Å². The minimum Gasteiger partial charge on any atom is -0.357 e. The maximum Gasteiger partial charge on any atom is 0.191 e. The monoisotopic (exact) mass is 459 g/mol. The molecule has 0 aliphatic carbocycles. The number of rotatable bonds is 4. The number of guanidine groups is 1. The van der Waals surface area contributed by atoms with E-state index in [1.165, 1.54) is 0 Å². The molecule has 130 valence electrons. The third kappa shape index (κ3) is 6.21. The molecule has 23 heavy (non-hydrogen) atoms. The van der Waals surface area contributed by atoms with Crippen molar-refractivity contribution < 1.29 is 17.2 Å². The van der Waals surface area contributed by atoms with Crippen LogP contribution in [0, 0.1) is 11.6 Å². The van der Waals surface area contributed by atoms with Gasteiger partial charge < -0.3 is 10.6 Å². The van der Waals surface area contributed by atoms with Gasteiger partial charge in [0, 0.05) is 18.2 Å². The molecular formula is C14H20F2IN3O2S. The van der Waals surface area contributed by atoms with Crippen molar-refractivity contribution in [2.24, 2.45) is 4.99 Å². The lowest BCUT2D eigenvalue weighted by Gasteiger charge is -2.15. The van der Waals surface area contributed by atoms with Crippen LogP contribution in [0.1, 0.15) is 18.9 Å². The van der Waals surface area contributed by atoms with E-state index < -0.39 is 21.5 Å². The second kappa shape index (κ2) is 8.76. The average Bonchev–Trinajstić information content (AvgIpc) is 2.79. The Kier molecular flexibility index (Phi) is 7.65. The number of nitrogens with one attached hydrogen (secondary N) is 2. The van der Waals surface area contributed by atoms with Gasteiger partial charge in [0.25, 0.3) is 0 Å². The highest BCUT2D eigenvalue weighted by molar-refractivity contribution is 14.0. The Morgan fingerprint density at radius 3 is 2.74 bits per heavy atom. The summed E-state index contributed by atoms with van der Waals surface area (Å²) in [7, 11) is -2.99. The average molecular weight is 459 g/mol. The Morgan fingerprint density at radius 1 is 1.39 bits per heavy atom. The number of aliphatic imine (C=N–C) groups is 1. The second-order valence-corrected chi connectivity index (χ2v) is 7.40. The molecule has 0 bridgehead atoms. The summed E-state index contributed by atoms with van der Waals surface area (Å²) >= 11 is 0. The van der Waals surface area contributed by atoms with Gasteiger partial charge in [-0.3, -0.25) is 0 Å². The van der Waals surface area contributed by atoms with E-state index in [0.717, 1.165) is 18.2 Å². The van der Waals surface area contributed by atoms with Gasteiger partial charge in [-0.15, -0.1) is 24.0 Å². The van der Waals surface area contributed by atoms with E-state index in [4.69, 9.17) is 0 Å². The van der Waals surface area contributed by atoms with Crippen LogP contribution < -0.4 is 10.6 Å². The van der Waals surface area contributed by atoms with Crippen LogP contribution in [0.3, 0.4) is 0 Å². The lowest BCUT2D eigenvalue weighted by Crippen LogP contribution is -2.44. The normalized spacial score (nSPS) is 20.0. The molecule has 0 amide bonds. The first-order chi connectivity index (χ1) is 10.4. The standard InChI is InChI=1S/C14H19F2N3O2S.HI/c1-2-17-14(19-12-5-6-22(20,21)9-12)18-8-10-7-11(15)3-4-13(10)16;/h3-4,7,12H,2,5-6,8-9H2,1H3,(H2,17,18,19);1H. The van der Waals surface area contributed by atoms with E-state index in [1.807, 2.05) is 6.92 Å². The number of halogens is 3. The maximum atomic E-state index is 13.6. The highest BCUT2D eigenvalue weighted by Crippen LogP contribution is 2.12. The summed E-state index contributed by atoms with van der Waals surface area (Å²) in [6, 6.07) is 3.00. The predicted molar refractivity (Wildman–Crippen MR) is 96.8 cm³/mol. The van der Waals surface area contributed by atoms with Crippen LogP contribution in [-0.2, 0) is 16.4 Å². The third-order valence-electron chi connectivity index (χ3n) is 3.33. The fourth-order valence-corrected chi connectivity index (χ4v) is 3.92. The number of benzene rings is 1. The Bertz CT molecular complexity index is 668. The second-order valence-electron chi connectivity index (χ2n) is 5.18. The Labute approximate surface area is 151 Å². The van der Waals surface area contributed by atoms with E-state index in [1.54, 1.807) is 0 Å². The van der Waals surface area contributed by atoms with Crippen LogP contribution in [0.2, 0.25) is 0 Å². The summed E-state index contributed by atoms with van der Waals surface area (Å²) in [4.78, 5) is 4.19. The summed E-state index contributed by atoms with van der Waals surface area (Å²) in [5.74, 6) is -0.432. The Balaban J connectivity index is 0.00000264. The molecule has 9 heteroatoms. The van der Waals surface area contributed by atoms with Gasteiger partial charge in [-0.25, -0.2) is 22.2 Å². The van der Waals surface area contributed by atoms with Crippen molar-refractivity contribution in [2.45, 2.75) is 25.9 Å². The molecule has 1 unspecified atom stereocenters. The molecule has 0 aromatic heterocycles. The molecule has 1 aromatic rings. The predicted octanol–water partition coefficient (Wildman–Crippen LogP) is 1.83. The molecule has 0 spiro atoms. The third-order valence-corrected chi connectivity index (χ3v) is 5.10. The zero-order valence-electron chi connectivity index (χ0n) is 12.7. The van der Waals surface area contributed by atoms with Crippen LogP contribution in [0.25, 0.3) is 0 Å². The molecule has 5 nitrogen and oxygen atoms in total. The smallest absolute Gasteiger partial charge is 0.191 e. The van der Waals surface area contributed by atoms with E-state index in [2.05, 4.69) is 15.6 Å². The molecular weight excluding hydrogens is 439 g/mol. The number of hydrogen-bond donors (Lipinski definition) is 2. The van der Waals surface area contributed by atoms with Gasteiger partial charge in [0.15, 0.2) is 15.8 Å². The van der Waals surface area contributed by atoms with E-state index in [0.29, 0.717) is 18.9 Å². The summed E-state index contributed by atoms with van der Waals surface area (Å²) in [5.41, 5.74) is 0.149. The number of nitrogens with zero attached hydrogens (tertiary/aromatic N) is 1. The van der Waals surface area contributed by atoms with Crippen LogP contribution >= 0.6 is 24.0 Å². The summed E-state index contributed by atoms with van der Waals surface area (Å²) in [6.45, 7) is 2.42. The molecule has 2 rings (SSSR count). The molecule has 1 fully saturated rings. The van der Waals surface area contributed by atoms with Crippen LogP contribution in [-0.4, -0.2) is 38.5 Å². The zero-order chi connectivity index (χ0) is 16.2. The first-order valence-electron chi connectivity index (χ1n) is 7.09. The molecule has 0 saturated carbocycles. The largest absolute Gasteiger partial charge is 0.357 e. The molecule has 1 aromatic carbocycles. The molecule has 0 radical (unpaired) electrons. The minimum absolute atomic E-state index is 0. The quantitative estimate of drug-likeness (QED) is 0.410. The van der Waals surface area contributed by atoms with Crippen molar-refractivity contribution in [3.05, 3.63) is 35.4 Å². The molecule has 1 aliphatic heterocycles. The fourth-order valence-electron chi connectivity index (χ4n) is 2.25. The van der Waals surface area contributed by atoms with Crippen LogP contribution in [0.5, 0.6) is 0 Å². The summed E-state index contributed by atoms with van der Waals surface area (Å²) < 4.78 is 49.6. The van der Waals surface area contributed by atoms with Crippen molar-refractivity contribution in [3.8, 4) is 0 Å². The number of sulfone groups is 1. The van der Waals surface area contributed by atoms with Crippen molar-refractivity contribution in [2.75, 3.05) is 18.1 Å². The highest BCUT2D eigenvalue weighted by Gasteiger charge is 2.28. The number of hydrogen-bond acceptors (Lipinski definition) is 3. The lowest BCUT2D eigenvalue weighted by atomic mass is 10.2. The van der Waals surface area contributed by atoms with Gasteiger partial charge in [0.2, 0.25) is 0 Å². The molecule has 1 heterocycles. The SMILES string of the molecule is CCNC(=NCc1cc(F)ccc1F)NC1CCS(=O)(=O)C1.I. The summed E-state index contributed by atoms with van der Waals surface area (Å²) in [5, 5.41) is 5.99. The first-order valence-corrected chi connectivity index (χ1v) is 8.91. The van der Waals surface area contributed by atoms with Crippen molar-refractivity contribution in [1.82, 2.24) is 10.6 Å². The topological polar surface area (TPSA) is 70.6 Å².